The van der Waals surface area contributed by atoms with Gasteiger partial charge in [0.2, 0.25) is 0 Å². The van der Waals surface area contributed by atoms with Crippen molar-refractivity contribution in [1.29, 1.82) is 0 Å². The summed E-state index contributed by atoms with van der Waals surface area (Å²) in [5.41, 5.74) is 3.07. The maximum Gasteiger partial charge on any atom is 0.0607 e. The molecule has 0 aliphatic heterocycles. The first-order valence-corrected chi connectivity index (χ1v) is 9.02. The van der Waals surface area contributed by atoms with Crippen LogP contribution in [0, 0.1) is 0 Å². The summed E-state index contributed by atoms with van der Waals surface area (Å²) in [7, 11) is 0. The monoisotopic (exact) mass is 412 g/mol. The first-order chi connectivity index (χ1) is 11.9. The minimum absolute atomic E-state index is 0. The predicted molar refractivity (Wildman–Crippen MR) is 113 cm³/mol. The van der Waals surface area contributed by atoms with Crippen LogP contribution in [0.15, 0.2) is 48.7 Å². The van der Waals surface area contributed by atoms with Gasteiger partial charge in [0.1, 0.15) is 0 Å². The van der Waals surface area contributed by atoms with Crippen LogP contribution in [0.3, 0.4) is 0 Å². The van der Waals surface area contributed by atoms with Crippen LogP contribution in [-0.2, 0) is 13.1 Å². The molecular formula is C20H23Cl3N2O. The first-order valence-electron chi connectivity index (χ1n) is 8.26. The van der Waals surface area contributed by atoms with Gasteiger partial charge in [-0.3, -0.25) is 0 Å². The van der Waals surface area contributed by atoms with Gasteiger partial charge >= 0.3 is 0 Å². The lowest BCUT2D eigenvalue weighted by Gasteiger charge is -2.23. The second-order valence-corrected chi connectivity index (χ2v) is 7.77. The highest BCUT2D eigenvalue weighted by Gasteiger charge is 2.17. The second kappa shape index (κ2) is 8.64. The Morgan fingerprint density at radius 3 is 2.50 bits per heavy atom. The minimum Gasteiger partial charge on any atom is -0.394 e. The van der Waals surface area contributed by atoms with Gasteiger partial charge in [-0.1, -0.05) is 47.5 Å². The van der Waals surface area contributed by atoms with E-state index in [1.54, 1.807) is 6.07 Å². The number of hydrogen-bond donors (Lipinski definition) is 2. The number of rotatable bonds is 6. The number of aliphatic hydroxyl groups is 1. The second-order valence-electron chi connectivity index (χ2n) is 6.93. The van der Waals surface area contributed by atoms with Crippen LogP contribution in [0.4, 0.5) is 0 Å². The van der Waals surface area contributed by atoms with Gasteiger partial charge in [-0.2, -0.15) is 0 Å². The van der Waals surface area contributed by atoms with E-state index in [9.17, 15) is 5.11 Å². The Balaban J connectivity index is 0.00000243. The van der Waals surface area contributed by atoms with Crippen LogP contribution in [0.1, 0.15) is 25.0 Å². The van der Waals surface area contributed by atoms with Gasteiger partial charge in [-0.25, -0.2) is 0 Å². The summed E-state index contributed by atoms with van der Waals surface area (Å²) in [6, 6.07) is 13.9. The molecule has 2 N–H and O–H groups in total. The fourth-order valence-electron chi connectivity index (χ4n) is 2.82. The highest BCUT2D eigenvalue weighted by molar-refractivity contribution is 6.35. The Morgan fingerprint density at radius 2 is 1.81 bits per heavy atom. The minimum atomic E-state index is -0.317. The standard InChI is InChI=1S/C20H22Cl2N2O.ClH/c1-20(2,13-25)23-10-15-12-24(19-6-4-3-5-17(15)19)11-14-7-8-16(21)9-18(14)22;/h3-9,12,23,25H,10-11,13H2,1-2H3;1H. The molecule has 0 radical (unpaired) electrons. The summed E-state index contributed by atoms with van der Waals surface area (Å²) in [5.74, 6) is 0. The maximum atomic E-state index is 9.45. The van der Waals surface area contributed by atoms with E-state index in [0.717, 1.165) is 11.1 Å². The molecule has 3 aromatic rings. The van der Waals surface area contributed by atoms with Crippen molar-refractivity contribution in [3.05, 3.63) is 69.8 Å². The zero-order valence-corrected chi connectivity index (χ0v) is 17.1. The van der Waals surface area contributed by atoms with Crippen LogP contribution >= 0.6 is 35.6 Å². The van der Waals surface area contributed by atoms with Crippen molar-refractivity contribution in [3.8, 4) is 0 Å². The molecule has 140 valence electrons. The number of fused-ring (bicyclic) bond motifs is 1. The van der Waals surface area contributed by atoms with E-state index in [4.69, 9.17) is 23.2 Å². The molecule has 0 aliphatic carbocycles. The van der Waals surface area contributed by atoms with Crippen molar-refractivity contribution >= 4 is 46.5 Å². The molecule has 0 saturated carbocycles. The van der Waals surface area contributed by atoms with E-state index < -0.39 is 0 Å². The van der Waals surface area contributed by atoms with Gasteiger partial charge in [0.15, 0.2) is 0 Å². The topological polar surface area (TPSA) is 37.2 Å². The van der Waals surface area contributed by atoms with E-state index in [0.29, 0.717) is 23.1 Å². The van der Waals surface area contributed by atoms with Gasteiger partial charge in [-0.05, 0) is 43.2 Å². The lowest BCUT2D eigenvalue weighted by molar-refractivity contribution is 0.187. The summed E-state index contributed by atoms with van der Waals surface area (Å²) < 4.78 is 2.20. The van der Waals surface area contributed by atoms with Crippen molar-refractivity contribution in [2.75, 3.05) is 6.61 Å². The molecule has 0 spiro atoms. The lowest BCUT2D eigenvalue weighted by Crippen LogP contribution is -2.42. The molecule has 0 bridgehead atoms. The number of aliphatic hydroxyl groups excluding tert-OH is 1. The average molecular weight is 414 g/mol. The molecule has 1 aromatic heterocycles. The number of aromatic nitrogens is 1. The van der Waals surface area contributed by atoms with E-state index >= 15 is 0 Å². The van der Waals surface area contributed by atoms with E-state index in [1.807, 2.05) is 38.1 Å². The quantitative estimate of drug-likeness (QED) is 0.577. The molecule has 26 heavy (non-hydrogen) atoms. The first kappa shape index (κ1) is 21.1. The van der Waals surface area contributed by atoms with Gasteiger partial charge in [0.25, 0.3) is 0 Å². The SMILES string of the molecule is CC(C)(CO)NCc1cn(Cc2ccc(Cl)cc2Cl)c2ccccc12.Cl. The fraction of sp³-hybridized carbons (Fsp3) is 0.300. The number of nitrogens with zero attached hydrogens (tertiary/aromatic N) is 1. The molecule has 6 heteroatoms. The van der Waals surface area contributed by atoms with Crippen molar-refractivity contribution in [3.63, 3.8) is 0 Å². The summed E-state index contributed by atoms with van der Waals surface area (Å²) in [5, 5.41) is 15.4. The molecule has 0 atom stereocenters. The van der Waals surface area contributed by atoms with Gasteiger partial charge < -0.3 is 15.0 Å². The number of nitrogens with one attached hydrogen (secondary N) is 1. The van der Waals surface area contributed by atoms with Crippen molar-refractivity contribution in [1.82, 2.24) is 9.88 Å². The normalized spacial score (nSPS) is 11.6. The van der Waals surface area contributed by atoms with Crippen molar-refractivity contribution < 1.29 is 5.11 Å². The molecule has 1 heterocycles. The Bertz CT molecular complexity index is 890. The largest absolute Gasteiger partial charge is 0.394 e. The van der Waals surface area contributed by atoms with E-state index in [-0.39, 0.29) is 24.6 Å². The molecule has 2 aromatic carbocycles. The van der Waals surface area contributed by atoms with Gasteiger partial charge in [0, 0.05) is 45.8 Å². The number of para-hydroxylation sites is 1. The maximum absolute atomic E-state index is 9.45. The van der Waals surface area contributed by atoms with Crippen LogP contribution in [0.2, 0.25) is 10.0 Å². The van der Waals surface area contributed by atoms with Gasteiger partial charge in [-0.15, -0.1) is 12.4 Å². The van der Waals surface area contributed by atoms with E-state index in [1.165, 1.54) is 10.9 Å². The summed E-state index contributed by atoms with van der Waals surface area (Å²) >= 11 is 12.3. The summed E-state index contributed by atoms with van der Waals surface area (Å²) in [6.07, 6.45) is 2.15. The highest BCUT2D eigenvalue weighted by atomic mass is 35.5. The Hall–Kier alpha value is -1.23. The Morgan fingerprint density at radius 1 is 1.08 bits per heavy atom. The molecule has 0 aliphatic rings. The third kappa shape index (κ3) is 4.73. The Labute approximate surface area is 170 Å². The zero-order chi connectivity index (χ0) is 18.0. The van der Waals surface area contributed by atoms with Crippen LogP contribution in [0.25, 0.3) is 10.9 Å². The third-order valence-corrected chi connectivity index (χ3v) is 4.97. The highest BCUT2D eigenvalue weighted by Crippen LogP contribution is 2.26. The predicted octanol–water partition coefficient (Wildman–Crippen LogP) is 5.28. The molecule has 3 nitrogen and oxygen atoms in total. The van der Waals surface area contributed by atoms with Crippen molar-refractivity contribution in [2.45, 2.75) is 32.5 Å². The van der Waals surface area contributed by atoms with Crippen LogP contribution in [-0.4, -0.2) is 21.8 Å². The molecule has 3 rings (SSSR count). The number of benzene rings is 2. The average Bonchev–Trinajstić information content (AvgIpc) is 2.94. The van der Waals surface area contributed by atoms with E-state index in [2.05, 4.69) is 28.2 Å². The Kier molecular flexibility index (Phi) is 7.00. The zero-order valence-electron chi connectivity index (χ0n) is 14.8. The third-order valence-electron chi connectivity index (χ3n) is 4.38. The molecular weight excluding hydrogens is 391 g/mol. The van der Waals surface area contributed by atoms with Crippen molar-refractivity contribution in [2.24, 2.45) is 0 Å². The molecule has 0 amide bonds. The molecule has 0 fully saturated rings. The fourth-order valence-corrected chi connectivity index (χ4v) is 3.29. The van der Waals surface area contributed by atoms with Crippen LogP contribution < -0.4 is 5.32 Å². The number of hydrogen-bond acceptors (Lipinski definition) is 2. The lowest BCUT2D eigenvalue weighted by atomic mass is 10.1. The summed E-state index contributed by atoms with van der Waals surface area (Å²) in [6.45, 7) is 5.43. The van der Waals surface area contributed by atoms with Crippen LogP contribution in [0.5, 0.6) is 0 Å². The molecule has 0 saturated heterocycles. The smallest absolute Gasteiger partial charge is 0.0607 e. The molecule has 0 unspecified atom stereocenters. The summed E-state index contributed by atoms with van der Waals surface area (Å²) in [4.78, 5) is 0. The van der Waals surface area contributed by atoms with Gasteiger partial charge in [0.05, 0.1) is 6.61 Å². The number of halogens is 3.